The summed E-state index contributed by atoms with van der Waals surface area (Å²) in [5.74, 6) is 0.336. The fourth-order valence-corrected chi connectivity index (χ4v) is 6.63. The maximum atomic E-state index is 12.8. The number of amides is 2. The lowest BCUT2D eigenvalue weighted by Crippen LogP contribution is -2.47. The molecule has 12 heteroatoms. The van der Waals surface area contributed by atoms with E-state index < -0.39 is 21.8 Å². The number of benzene rings is 1. The second kappa shape index (κ2) is 9.23. The number of aliphatic hydroxyl groups is 1. The quantitative estimate of drug-likeness (QED) is 0.543. The predicted molar refractivity (Wildman–Crippen MR) is 123 cm³/mol. The first-order valence-electron chi connectivity index (χ1n) is 9.60. The van der Waals surface area contributed by atoms with Crippen LogP contribution in [-0.2, 0) is 15.7 Å². The van der Waals surface area contributed by atoms with E-state index in [-0.39, 0.29) is 32.9 Å². The summed E-state index contributed by atoms with van der Waals surface area (Å²) in [6, 6.07) is 3.60. The summed E-state index contributed by atoms with van der Waals surface area (Å²) in [6.45, 7) is 1.35. The van der Waals surface area contributed by atoms with Crippen LogP contribution < -0.4 is 10.0 Å². The van der Waals surface area contributed by atoms with Crippen LogP contribution in [-0.4, -0.2) is 54.5 Å². The highest BCUT2D eigenvalue weighted by atomic mass is 79.9. The largest absolute Gasteiger partial charge is 0.366 e. The van der Waals surface area contributed by atoms with E-state index in [1.165, 1.54) is 23.9 Å². The minimum absolute atomic E-state index is 0. The third-order valence-corrected chi connectivity index (χ3v) is 8.43. The van der Waals surface area contributed by atoms with Gasteiger partial charge >= 0.3 is 6.03 Å². The van der Waals surface area contributed by atoms with Gasteiger partial charge in [-0.1, -0.05) is 42.3 Å². The first-order chi connectivity index (χ1) is 13.8. The summed E-state index contributed by atoms with van der Waals surface area (Å²) in [5, 5.41) is 14.7. The molecule has 3 aliphatic rings. The molecular weight excluding hydrogens is 516 g/mol. The van der Waals surface area contributed by atoms with Gasteiger partial charge < -0.3 is 15.3 Å². The normalized spacial score (nSPS) is 24.1. The summed E-state index contributed by atoms with van der Waals surface area (Å²) in [4.78, 5) is 18.2. The minimum atomic E-state index is -4.20. The number of carbonyl (C=O) groups is 1. The van der Waals surface area contributed by atoms with Crippen molar-refractivity contribution < 1.29 is 18.3 Å². The molecule has 1 aromatic carbocycles. The second-order valence-corrected chi connectivity index (χ2v) is 10.5. The average molecular weight is 540 g/mol. The molecule has 2 aliphatic heterocycles. The number of carbonyl (C=O) groups excluding carboxylic acids is 1. The van der Waals surface area contributed by atoms with Crippen LogP contribution >= 0.6 is 40.3 Å². The van der Waals surface area contributed by atoms with Crippen LogP contribution in [0.15, 0.2) is 28.1 Å². The number of halogens is 2. The molecule has 8 nitrogen and oxygen atoms in total. The van der Waals surface area contributed by atoms with Gasteiger partial charge in [0.15, 0.2) is 10.9 Å². The van der Waals surface area contributed by atoms with Gasteiger partial charge in [-0.05, 0) is 31.4 Å². The summed E-state index contributed by atoms with van der Waals surface area (Å²) in [6.07, 6.45) is 4.53. The maximum Gasteiger partial charge on any atom is 0.328 e. The molecule has 4 rings (SSSR count). The number of nitrogens with zero attached hydrogens (tertiary/aromatic N) is 2. The molecule has 1 saturated heterocycles. The van der Waals surface area contributed by atoms with Crippen LogP contribution in [0.4, 0.5) is 4.79 Å². The zero-order valence-electron chi connectivity index (χ0n) is 16.1. The van der Waals surface area contributed by atoms with Crippen molar-refractivity contribution >= 4 is 61.6 Å². The smallest absolute Gasteiger partial charge is 0.328 e. The lowest BCUT2D eigenvalue weighted by Gasteiger charge is -2.36. The van der Waals surface area contributed by atoms with Gasteiger partial charge in [-0.15, -0.1) is 17.0 Å². The van der Waals surface area contributed by atoms with E-state index in [0.717, 1.165) is 43.8 Å². The van der Waals surface area contributed by atoms with Gasteiger partial charge in [-0.3, -0.25) is 4.99 Å². The number of fused-ring (bicyclic) bond motifs is 1. The zero-order chi connectivity index (χ0) is 20.6. The lowest BCUT2D eigenvalue weighted by atomic mass is 10.0. The maximum absolute atomic E-state index is 12.8. The molecule has 1 unspecified atom stereocenters. The number of aliphatic imine (C=N–C) groups is 1. The molecule has 2 fully saturated rings. The number of amidine groups is 1. The number of thioether (sulfide) groups is 1. The molecule has 1 atom stereocenters. The molecule has 1 aromatic rings. The van der Waals surface area contributed by atoms with Crippen molar-refractivity contribution in [2.45, 2.75) is 48.8 Å². The topological polar surface area (TPSA) is 111 Å². The third kappa shape index (κ3) is 4.59. The molecule has 166 valence electrons. The Morgan fingerprint density at radius 3 is 2.77 bits per heavy atom. The SMILES string of the molecule is Br.O=C(NC1CCCC1)NS(=O)(=O)c1cc(C2(O)CSC3=NCCCN32)ccc1Cl. The van der Waals surface area contributed by atoms with Crippen LogP contribution in [0.2, 0.25) is 5.02 Å². The van der Waals surface area contributed by atoms with Gasteiger partial charge in [0.05, 0.1) is 10.8 Å². The van der Waals surface area contributed by atoms with Crippen molar-refractivity contribution in [3.63, 3.8) is 0 Å². The highest BCUT2D eigenvalue weighted by Gasteiger charge is 2.46. The molecule has 30 heavy (non-hydrogen) atoms. The van der Waals surface area contributed by atoms with Gasteiger partial charge in [0.2, 0.25) is 0 Å². The van der Waals surface area contributed by atoms with E-state index in [9.17, 15) is 18.3 Å². The molecule has 0 radical (unpaired) electrons. The van der Waals surface area contributed by atoms with Crippen LogP contribution in [0.3, 0.4) is 0 Å². The Bertz CT molecular complexity index is 956. The van der Waals surface area contributed by atoms with Crippen LogP contribution in [0.5, 0.6) is 0 Å². The fraction of sp³-hybridized carbons (Fsp3) is 0.556. The first-order valence-corrected chi connectivity index (χ1v) is 12.4. The van der Waals surface area contributed by atoms with Crippen molar-refractivity contribution in [3.05, 3.63) is 28.8 Å². The Labute approximate surface area is 195 Å². The Balaban J connectivity index is 0.00000256. The molecular formula is C18H24BrClN4O4S2. The van der Waals surface area contributed by atoms with Crippen LogP contribution in [0.1, 0.15) is 37.7 Å². The molecule has 1 saturated carbocycles. The molecule has 2 heterocycles. The number of nitrogens with one attached hydrogen (secondary N) is 2. The van der Waals surface area contributed by atoms with Crippen molar-refractivity contribution in [1.82, 2.24) is 14.9 Å². The Morgan fingerprint density at radius 1 is 1.30 bits per heavy atom. The van der Waals surface area contributed by atoms with E-state index in [4.69, 9.17) is 11.6 Å². The van der Waals surface area contributed by atoms with E-state index in [2.05, 4.69) is 10.3 Å². The Hall–Kier alpha value is -1.01. The monoisotopic (exact) mass is 538 g/mol. The number of hydrogen-bond donors (Lipinski definition) is 3. The highest BCUT2D eigenvalue weighted by molar-refractivity contribution is 8.93. The Kier molecular flexibility index (Phi) is 7.28. The number of hydrogen-bond acceptors (Lipinski definition) is 7. The first kappa shape index (κ1) is 23.6. The average Bonchev–Trinajstić information content (AvgIpc) is 3.30. The summed E-state index contributed by atoms with van der Waals surface area (Å²) < 4.78 is 27.7. The third-order valence-electron chi connectivity index (χ3n) is 5.47. The van der Waals surface area contributed by atoms with Gasteiger partial charge in [0.1, 0.15) is 4.90 Å². The molecule has 0 aromatic heterocycles. The van der Waals surface area contributed by atoms with E-state index in [1.807, 2.05) is 4.72 Å². The second-order valence-electron chi connectivity index (χ2n) is 7.48. The Morgan fingerprint density at radius 2 is 2.03 bits per heavy atom. The van der Waals surface area contributed by atoms with E-state index >= 15 is 0 Å². The van der Waals surface area contributed by atoms with Crippen molar-refractivity contribution in [2.75, 3.05) is 18.8 Å². The van der Waals surface area contributed by atoms with Crippen molar-refractivity contribution in [3.8, 4) is 0 Å². The fourth-order valence-electron chi connectivity index (χ4n) is 3.95. The van der Waals surface area contributed by atoms with E-state index in [1.54, 1.807) is 11.0 Å². The van der Waals surface area contributed by atoms with Gasteiger partial charge in [0, 0.05) is 24.7 Å². The van der Waals surface area contributed by atoms with Gasteiger partial charge in [-0.2, -0.15) is 0 Å². The molecule has 1 aliphatic carbocycles. The van der Waals surface area contributed by atoms with Crippen molar-refractivity contribution in [2.24, 2.45) is 4.99 Å². The lowest BCUT2D eigenvalue weighted by molar-refractivity contribution is -0.0498. The number of rotatable bonds is 4. The zero-order valence-corrected chi connectivity index (χ0v) is 20.2. The minimum Gasteiger partial charge on any atom is -0.366 e. The standard InChI is InChI=1S/C18H23ClN4O4S2.BrH/c19-14-7-6-12(18(25)11-28-17-20-8-3-9-23(17)18)10-15(14)29(26,27)22-16(24)21-13-4-1-2-5-13;/h6-7,10,13,25H,1-5,8-9,11H2,(H2,21,22,24);1H. The van der Waals surface area contributed by atoms with Gasteiger partial charge in [0.25, 0.3) is 10.0 Å². The molecule has 0 spiro atoms. The van der Waals surface area contributed by atoms with Gasteiger partial charge in [-0.25, -0.2) is 17.9 Å². The van der Waals surface area contributed by atoms with Crippen LogP contribution in [0, 0.1) is 0 Å². The summed E-state index contributed by atoms with van der Waals surface area (Å²) in [7, 11) is -4.20. The predicted octanol–water partition coefficient (Wildman–Crippen LogP) is 2.80. The molecule has 3 N–H and O–H groups in total. The van der Waals surface area contributed by atoms with Crippen molar-refractivity contribution in [1.29, 1.82) is 0 Å². The molecule has 0 bridgehead atoms. The number of sulfonamides is 1. The molecule has 2 amide bonds. The number of urea groups is 1. The van der Waals surface area contributed by atoms with E-state index in [0.29, 0.717) is 17.9 Å². The summed E-state index contributed by atoms with van der Waals surface area (Å²) in [5.41, 5.74) is -0.969. The van der Waals surface area contributed by atoms with Crippen LogP contribution in [0.25, 0.3) is 0 Å². The highest BCUT2D eigenvalue weighted by Crippen LogP contribution is 2.41. The summed E-state index contributed by atoms with van der Waals surface area (Å²) >= 11 is 7.59.